The molecule has 0 aliphatic carbocycles. The predicted octanol–water partition coefficient (Wildman–Crippen LogP) is 2.05. The third-order valence-electron chi connectivity index (χ3n) is 6.10. The first-order valence-electron chi connectivity index (χ1n) is 10.7. The lowest BCUT2D eigenvalue weighted by molar-refractivity contribution is -0.148. The summed E-state index contributed by atoms with van der Waals surface area (Å²) >= 11 is 6.27. The number of hydrogen-bond donors (Lipinski definition) is 0. The smallest absolute Gasteiger partial charge is 0.332 e. The molecule has 3 aromatic rings. The Balaban J connectivity index is 1.83. The molecule has 0 N–H and O–H groups in total. The number of ether oxygens (including phenoxy) is 1. The van der Waals surface area contributed by atoms with Crippen molar-refractivity contribution >= 4 is 34.7 Å². The van der Waals surface area contributed by atoms with Crippen molar-refractivity contribution in [3.8, 4) is 0 Å². The van der Waals surface area contributed by atoms with E-state index in [0.29, 0.717) is 38.5 Å². The normalized spacial score (nSPS) is 14.8. The Hall–Kier alpha value is -3.14. The molecular weight excluding hydrogens is 453 g/mol. The molecule has 0 spiro atoms. The van der Waals surface area contributed by atoms with E-state index in [4.69, 9.17) is 16.3 Å². The maximum atomic E-state index is 14.6. The van der Waals surface area contributed by atoms with Crippen LogP contribution in [0.1, 0.15) is 25.3 Å². The van der Waals surface area contributed by atoms with E-state index in [1.54, 1.807) is 17.6 Å². The minimum Gasteiger partial charge on any atom is -0.466 e. The number of carbonyl (C=O) groups is 1. The monoisotopic (exact) mass is 477 g/mol. The van der Waals surface area contributed by atoms with Crippen LogP contribution < -0.4 is 16.1 Å². The van der Waals surface area contributed by atoms with Crippen LogP contribution in [0.2, 0.25) is 5.02 Å². The van der Waals surface area contributed by atoms with Crippen LogP contribution in [0.25, 0.3) is 11.2 Å². The van der Waals surface area contributed by atoms with Gasteiger partial charge in [-0.25, -0.2) is 9.18 Å². The van der Waals surface area contributed by atoms with E-state index >= 15 is 0 Å². The van der Waals surface area contributed by atoms with E-state index in [9.17, 15) is 18.8 Å². The SMILES string of the molecule is CCOC(=O)C1CCN(c2nc3c(c(=O)n(C)c(=O)n3C)n2Cc2c(F)cccc2Cl)CC1. The number of carbonyl (C=O) groups excluding carboxylic acids is 1. The Labute approximate surface area is 194 Å². The van der Waals surface area contributed by atoms with Gasteiger partial charge in [-0.15, -0.1) is 0 Å². The van der Waals surface area contributed by atoms with E-state index in [0.717, 1.165) is 4.57 Å². The molecule has 1 aromatic carbocycles. The number of benzene rings is 1. The zero-order valence-electron chi connectivity index (χ0n) is 18.7. The van der Waals surface area contributed by atoms with Crippen LogP contribution in [-0.2, 0) is 30.2 Å². The number of anilines is 1. The molecule has 1 saturated heterocycles. The number of fused-ring (bicyclic) bond motifs is 1. The van der Waals surface area contributed by atoms with E-state index in [1.165, 1.54) is 30.8 Å². The number of piperidine rings is 1. The van der Waals surface area contributed by atoms with E-state index < -0.39 is 17.1 Å². The Morgan fingerprint density at radius 2 is 1.91 bits per heavy atom. The second-order valence-electron chi connectivity index (χ2n) is 8.09. The van der Waals surface area contributed by atoms with Gasteiger partial charge < -0.3 is 9.64 Å². The summed E-state index contributed by atoms with van der Waals surface area (Å²) in [7, 11) is 2.93. The fourth-order valence-corrected chi connectivity index (χ4v) is 4.47. The molecule has 9 nitrogen and oxygen atoms in total. The van der Waals surface area contributed by atoms with Gasteiger partial charge in [-0.1, -0.05) is 17.7 Å². The molecule has 2 aromatic heterocycles. The molecule has 0 amide bonds. The van der Waals surface area contributed by atoms with Crippen molar-refractivity contribution in [2.45, 2.75) is 26.3 Å². The van der Waals surface area contributed by atoms with E-state index in [2.05, 4.69) is 4.98 Å². The summed E-state index contributed by atoms with van der Waals surface area (Å²) in [6.07, 6.45) is 1.11. The number of hydrogen-bond acceptors (Lipinski definition) is 6. The molecule has 11 heteroatoms. The highest BCUT2D eigenvalue weighted by atomic mass is 35.5. The highest BCUT2D eigenvalue weighted by Gasteiger charge is 2.30. The lowest BCUT2D eigenvalue weighted by atomic mass is 9.97. The molecule has 0 atom stereocenters. The lowest BCUT2D eigenvalue weighted by Crippen LogP contribution is -2.39. The molecular formula is C22H25ClFN5O4. The van der Waals surface area contributed by atoms with Gasteiger partial charge in [0.05, 0.1) is 19.1 Å². The third kappa shape index (κ3) is 4.03. The Kier molecular flexibility index (Phi) is 6.29. The molecule has 1 aliphatic heterocycles. The van der Waals surface area contributed by atoms with Crippen molar-refractivity contribution in [1.82, 2.24) is 18.7 Å². The van der Waals surface area contributed by atoms with Crippen molar-refractivity contribution in [2.24, 2.45) is 20.0 Å². The number of aromatic nitrogens is 4. The molecule has 4 rings (SSSR count). The summed E-state index contributed by atoms with van der Waals surface area (Å²) in [5, 5.41) is 0.227. The predicted molar refractivity (Wildman–Crippen MR) is 122 cm³/mol. The Morgan fingerprint density at radius 1 is 1.21 bits per heavy atom. The van der Waals surface area contributed by atoms with Gasteiger partial charge in [0.1, 0.15) is 5.82 Å². The fraction of sp³-hybridized carbons (Fsp3) is 0.455. The lowest BCUT2D eigenvalue weighted by Gasteiger charge is -2.32. The molecule has 0 radical (unpaired) electrons. The Morgan fingerprint density at radius 3 is 2.55 bits per heavy atom. The van der Waals surface area contributed by atoms with Gasteiger partial charge in [-0.05, 0) is 31.9 Å². The van der Waals surface area contributed by atoms with Gasteiger partial charge in [0, 0.05) is 37.8 Å². The first kappa shape index (κ1) is 23.0. The van der Waals surface area contributed by atoms with Crippen molar-refractivity contribution in [3.63, 3.8) is 0 Å². The number of halogens is 2. The standard InChI is InChI=1S/C22H25ClFN5O4/c1-4-33-20(31)13-8-10-28(11-9-13)21-25-18-17(19(30)27(3)22(32)26(18)2)29(21)12-14-15(23)6-5-7-16(14)24/h5-7,13H,4,8-12H2,1-3H3. The molecule has 176 valence electrons. The van der Waals surface area contributed by atoms with Crippen LogP contribution in [0.4, 0.5) is 10.3 Å². The third-order valence-corrected chi connectivity index (χ3v) is 6.46. The number of aryl methyl sites for hydroxylation is 1. The number of nitrogens with zero attached hydrogens (tertiary/aromatic N) is 5. The molecule has 1 aliphatic rings. The van der Waals surface area contributed by atoms with Crippen molar-refractivity contribution < 1.29 is 13.9 Å². The first-order chi connectivity index (χ1) is 15.7. The first-order valence-corrected chi connectivity index (χ1v) is 11.1. The second kappa shape index (κ2) is 9.01. The summed E-state index contributed by atoms with van der Waals surface area (Å²) < 4.78 is 23.7. The molecule has 0 unspecified atom stereocenters. The van der Waals surface area contributed by atoms with Gasteiger partial charge in [0.15, 0.2) is 11.2 Å². The maximum Gasteiger partial charge on any atom is 0.332 e. The van der Waals surface area contributed by atoms with Crippen LogP contribution in [0.3, 0.4) is 0 Å². The van der Waals surface area contributed by atoms with Crippen molar-refractivity contribution in [3.05, 3.63) is 55.4 Å². The largest absolute Gasteiger partial charge is 0.466 e. The van der Waals surface area contributed by atoms with Crippen LogP contribution in [0, 0.1) is 11.7 Å². The molecule has 1 fully saturated rings. The van der Waals surface area contributed by atoms with Gasteiger partial charge in [0.2, 0.25) is 5.95 Å². The summed E-state index contributed by atoms with van der Waals surface area (Å²) in [6.45, 7) is 3.05. The number of esters is 1. The summed E-state index contributed by atoms with van der Waals surface area (Å²) in [6, 6.07) is 4.40. The average molecular weight is 478 g/mol. The van der Waals surface area contributed by atoms with Crippen molar-refractivity contribution in [2.75, 3.05) is 24.6 Å². The highest BCUT2D eigenvalue weighted by molar-refractivity contribution is 6.31. The van der Waals surface area contributed by atoms with Crippen LogP contribution >= 0.6 is 11.6 Å². The zero-order valence-corrected chi connectivity index (χ0v) is 19.4. The molecule has 3 heterocycles. The van der Waals surface area contributed by atoms with E-state index in [1.807, 2.05) is 4.90 Å². The maximum absolute atomic E-state index is 14.6. The minimum atomic E-state index is -0.527. The minimum absolute atomic E-state index is 0.0391. The Bertz CT molecular complexity index is 1320. The van der Waals surface area contributed by atoms with Gasteiger partial charge in [-0.3, -0.25) is 23.3 Å². The summed E-state index contributed by atoms with van der Waals surface area (Å²) in [5.41, 5.74) is -0.425. The van der Waals surface area contributed by atoms with Crippen LogP contribution in [0.15, 0.2) is 27.8 Å². The average Bonchev–Trinajstić information content (AvgIpc) is 3.18. The highest BCUT2D eigenvalue weighted by Crippen LogP contribution is 2.29. The van der Waals surface area contributed by atoms with Crippen LogP contribution in [0.5, 0.6) is 0 Å². The molecule has 0 bridgehead atoms. The quantitative estimate of drug-likeness (QED) is 0.522. The molecule has 0 saturated carbocycles. The molecule has 33 heavy (non-hydrogen) atoms. The second-order valence-corrected chi connectivity index (χ2v) is 8.50. The van der Waals surface area contributed by atoms with Gasteiger partial charge >= 0.3 is 11.7 Å². The van der Waals surface area contributed by atoms with Gasteiger partial charge in [0.25, 0.3) is 5.56 Å². The number of rotatable bonds is 5. The fourth-order valence-electron chi connectivity index (χ4n) is 4.24. The summed E-state index contributed by atoms with van der Waals surface area (Å²) in [4.78, 5) is 44.2. The summed E-state index contributed by atoms with van der Waals surface area (Å²) in [5.74, 6) is -0.514. The number of imidazole rings is 1. The zero-order chi connectivity index (χ0) is 23.9. The van der Waals surface area contributed by atoms with Gasteiger partial charge in [-0.2, -0.15) is 4.98 Å². The van der Waals surface area contributed by atoms with E-state index in [-0.39, 0.29) is 40.2 Å². The van der Waals surface area contributed by atoms with Crippen LogP contribution in [-0.4, -0.2) is 44.4 Å². The topological polar surface area (TPSA) is 91.4 Å². The van der Waals surface area contributed by atoms with Crippen molar-refractivity contribution in [1.29, 1.82) is 0 Å².